The van der Waals surface area contributed by atoms with Gasteiger partial charge in [0.1, 0.15) is 11.6 Å². The van der Waals surface area contributed by atoms with Crippen LogP contribution in [0.1, 0.15) is 25.0 Å². The van der Waals surface area contributed by atoms with E-state index in [1.54, 1.807) is 10.9 Å². The summed E-state index contributed by atoms with van der Waals surface area (Å²) >= 11 is 0. The maximum atomic E-state index is 11.6. The predicted octanol–water partition coefficient (Wildman–Crippen LogP) is 1.69. The van der Waals surface area contributed by atoms with Crippen molar-refractivity contribution in [2.45, 2.75) is 26.2 Å². The molecule has 0 spiro atoms. The third-order valence-corrected chi connectivity index (χ3v) is 4.00. The number of likely N-dealkylation sites (tertiary alicyclic amines) is 1. The molecule has 1 aliphatic rings. The fourth-order valence-corrected chi connectivity index (χ4v) is 2.75. The Morgan fingerprint density at radius 2 is 2.21 bits per heavy atom. The first-order valence-electron chi connectivity index (χ1n) is 8.24. The van der Waals surface area contributed by atoms with E-state index in [-0.39, 0.29) is 5.91 Å². The van der Waals surface area contributed by atoms with E-state index in [1.807, 2.05) is 31.0 Å². The minimum absolute atomic E-state index is 0.274. The number of nitrogens with zero attached hydrogens (tertiary/aromatic N) is 5. The number of hydrogen-bond acceptors (Lipinski definition) is 6. The molecule has 128 valence electrons. The summed E-state index contributed by atoms with van der Waals surface area (Å²) in [5.74, 6) is 2.42. The van der Waals surface area contributed by atoms with Crippen molar-refractivity contribution in [1.29, 1.82) is 0 Å². The van der Waals surface area contributed by atoms with Crippen LogP contribution in [0.15, 0.2) is 18.3 Å². The van der Waals surface area contributed by atoms with Gasteiger partial charge >= 0.3 is 0 Å². The van der Waals surface area contributed by atoms with Crippen molar-refractivity contribution in [3.05, 3.63) is 24.0 Å². The molecule has 8 heteroatoms. The number of rotatable bonds is 7. The average Bonchev–Trinajstić information content (AvgIpc) is 3.12. The minimum atomic E-state index is 0.274. The molecule has 0 radical (unpaired) electrons. The van der Waals surface area contributed by atoms with Crippen LogP contribution < -0.4 is 10.6 Å². The lowest BCUT2D eigenvalue weighted by atomic mass is 10.3. The molecule has 2 aromatic heterocycles. The van der Waals surface area contributed by atoms with E-state index in [0.717, 1.165) is 49.8 Å². The standard InChI is InChI=1S/C16H23N7O/c1-12-11-13(17-7-4-10-23-9-3-5-15(23)24)20-16(19-12)21-14-6-8-18-22(14)2/h6,8,11H,3-5,7,9-10H2,1-2H3,(H2,17,19,20,21). The first-order chi connectivity index (χ1) is 11.6. The Kier molecular flexibility index (Phi) is 4.93. The number of carbonyl (C=O) groups is 1. The van der Waals surface area contributed by atoms with Crippen LogP contribution >= 0.6 is 0 Å². The number of aryl methyl sites for hydroxylation is 2. The molecule has 0 aliphatic carbocycles. The van der Waals surface area contributed by atoms with Crippen molar-refractivity contribution < 1.29 is 4.79 Å². The topological polar surface area (TPSA) is 88.0 Å². The van der Waals surface area contributed by atoms with Gasteiger partial charge in [-0.2, -0.15) is 10.1 Å². The average molecular weight is 329 g/mol. The van der Waals surface area contributed by atoms with Gasteiger partial charge in [-0.1, -0.05) is 0 Å². The van der Waals surface area contributed by atoms with Gasteiger partial charge in [0.15, 0.2) is 0 Å². The van der Waals surface area contributed by atoms with E-state index in [9.17, 15) is 4.79 Å². The Labute approximate surface area is 141 Å². The summed E-state index contributed by atoms with van der Waals surface area (Å²) in [6.07, 6.45) is 4.30. The molecule has 3 heterocycles. The largest absolute Gasteiger partial charge is 0.370 e. The summed E-state index contributed by atoms with van der Waals surface area (Å²) in [4.78, 5) is 22.4. The van der Waals surface area contributed by atoms with Gasteiger partial charge in [-0.15, -0.1) is 0 Å². The summed E-state index contributed by atoms with van der Waals surface area (Å²) in [7, 11) is 1.86. The Balaban J connectivity index is 1.53. The molecule has 8 nitrogen and oxygen atoms in total. The molecule has 0 bridgehead atoms. The fourth-order valence-electron chi connectivity index (χ4n) is 2.75. The van der Waals surface area contributed by atoms with Crippen LogP contribution in [-0.4, -0.2) is 50.2 Å². The highest BCUT2D eigenvalue weighted by Gasteiger charge is 2.18. The summed E-state index contributed by atoms with van der Waals surface area (Å²) < 4.78 is 1.73. The second-order valence-corrected chi connectivity index (χ2v) is 5.95. The lowest BCUT2D eigenvalue weighted by molar-refractivity contribution is -0.127. The smallest absolute Gasteiger partial charge is 0.230 e. The molecule has 3 rings (SSSR count). The van der Waals surface area contributed by atoms with Crippen LogP contribution in [-0.2, 0) is 11.8 Å². The van der Waals surface area contributed by atoms with Gasteiger partial charge < -0.3 is 15.5 Å². The molecule has 1 aliphatic heterocycles. The van der Waals surface area contributed by atoms with Crippen LogP contribution in [0, 0.1) is 6.92 Å². The summed E-state index contributed by atoms with van der Waals surface area (Å²) in [5, 5.41) is 10.6. The highest BCUT2D eigenvalue weighted by molar-refractivity contribution is 5.78. The minimum Gasteiger partial charge on any atom is -0.370 e. The lowest BCUT2D eigenvalue weighted by Crippen LogP contribution is -2.27. The van der Waals surface area contributed by atoms with Gasteiger partial charge in [0, 0.05) is 50.9 Å². The molecular weight excluding hydrogens is 306 g/mol. The van der Waals surface area contributed by atoms with Crippen LogP contribution in [0.3, 0.4) is 0 Å². The first-order valence-corrected chi connectivity index (χ1v) is 8.24. The number of carbonyl (C=O) groups excluding carboxylic acids is 1. The zero-order valence-corrected chi connectivity index (χ0v) is 14.1. The van der Waals surface area contributed by atoms with Crippen LogP contribution in [0.25, 0.3) is 0 Å². The predicted molar refractivity (Wildman–Crippen MR) is 92.2 cm³/mol. The summed E-state index contributed by atoms with van der Waals surface area (Å²) in [6, 6.07) is 3.78. The number of nitrogens with one attached hydrogen (secondary N) is 2. The Morgan fingerprint density at radius 3 is 2.92 bits per heavy atom. The molecule has 0 atom stereocenters. The Morgan fingerprint density at radius 1 is 1.33 bits per heavy atom. The summed E-state index contributed by atoms with van der Waals surface area (Å²) in [6.45, 7) is 4.40. The molecule has 1 fully saturated rings. The van der Waals surface area contributed by atoms with E-state index in [4.69, 9.17) is 0 Å². The third kappa shape index (κ3) is 4.01. The van der Waals surface area contributed by atoms with E-state index in [0.29, 0.717) is 12.4 Å². The van der Waals surface area contributed by atoms with Crippen molar-refractivity contribution in [2.24, 2.45) is 7.05 Å². The second kappa shape index (κ2) is 7.29. The van der Waals surface area contributed by atoms with Crippen LogP contribution in [0.5, 0.6) is 0 Å². The van der Waals surface area contributed by atoms with Gasteiger partial charge in [0.05, 0.1) is 6.20 Å². The normalized spacial score (nSPS) is 14.2. The van der Waals surface area contributed by atoms with Gasteiger partial charge in [-0.25, -0.2) is 4.98 Å². The molecule has 0 aromatic carbocycles. The van der Waals surface area contributed by atoms with Gasteiger partial charge in [-0.05, 0) is 19.8 Å². The molecule has 2 N–H and O–H groups in total. The van der Waals surface area contributed by atoms with Crippen molar-refractivity contribution in [1.82, 2.24) is 24.6 Å². The van der Waals surface area contributed by atoms with Crippen LogP contribution in [0.2, 0.25) is 0 Å². The van der Waals surface area contributed by atoms with E-state index in [2.05, 4.69) is 25.7 Å². The van der Waals surface area contributed by atoms with E-state index in [1.165, 1.54) is 0 Å². The number of anilines is 3. The number of amides is 1. The maximum absolute atomic E-state index is 11.6. The molecule has 0 saturated carbocycles. The Bertz CT molecular complexity index is 712. The molecule has 1 saturated heterocycles. The Hall–Kier alpha value is -2.64. The van der Waals surface area contributed by atoms with Gasteiger partial charge in [-0.3, -0.25) is 9.48 Å². The molecule has 24 heavy (non-hydrogen) atoms. The molecule has 1 amide bonds. The zero-order valence-electron chi connectivity index (χ0n) is 14.1. The van der Waals surface area contributed by atoms with Crippen LogP contribution in [0.4, 0.5) is 17.6 Å². The molecule has 2 aromatic rings. The lowest BCUT2D eigenvalue weighted by Gasteiger charge is -2.15. The van der Waals surface area contributed by atoms with E-state index < -0.39 is 0 Å². The number of hydrogen-bond donors (Lipinski definition) is 2. The number of aromatic nitrogens is 4. The zero-order chi connectivity index (χ0) is 16.9. The highest BCUT2D eigenvalue weighted by Crippen LogP contribution is 2.15. The first kappa shape index (κ1) is 16.2. The fraction of sp³-hybridized carbons (Fsp3) is 0.500. The van der Waals surface area contributed by atoms with Gasteiger partial charge in [0.25, 0.3) is 0 Å². The molecule has 0 unspecified atom stereocenters. The monoisotopic (exact) mass is 329 g/mol. The van der Waals surface area contributed by atoms with Crippen molar-refractivity contribution in [3.63, 3.8) is 0 Å². The maximum Gasteiger partial charge on any atom is 0.230 e. The highest BCUT2D eigenvalue weighted by atomic mass is 16.2. The van der Waals surface area contributed by atoms with E-state index >= 15 is 0 Å². The third-order valence-electron chi connectivity index (χ3n) is 4.00. The second-order valence-electron chi connectivity index (χ2n) is 5.95. The van der Waals surface area contributed by atoms with Crippen molar-refractivity contribution in [2.75, 3.05) is 30.3 Å². The molecular formula is C16H23N7O. The quantitative estimate of drug-likeness (QED) is 0.752. The SMILES string of the molecule is Cc1cc(NCCCN2CCCC2=O)nc(Nc2ccnn2C)n1. The van der Waals surface area contributed by atoms with Gasteiger partial charge in [0.2, 0.25) is 11.9 Å². The van der Waals surface area contributed by atoms with Crippen molar-refractivity contribution in [3.8, 4) is 0 Å². The van der Waals surface area contributed by atoms with Crippen molar-refractivity contribution >= 4 is 23.5 Å². The summed E-state index contributed by atoms with van der Waals surface area (Å²) in [5.41, 5.74) is 0.881.